The van der Waals surface area contributed by atoms with E-state index in [1.54, 1.807) is 6.08 Å². The molecule has 0 amide bonds. The topological polar surface area (TPSA) is 138 Å². The quantitative estimate of drug-likeness (QED) is 0.294. The molecule has 4 aliphatic carbocycles. The van der Waals surface area contributed by atoms with Gasteiger partial charge in [-0.15, -0.1) is 0 Å². The first kappa shape index (κ1) is 28.0. The van der Waals surface area contributed by atoms with E-state index in [4.69, 9.17) is 23.7 Å². The highest BCUT2D eigenvalue weighted by molar-refractivity contribution is 5.85. The Morgan fingerprint density at radius 3 is 2.59 bits per heavy atom. The Balaban J connectivity index is 1.17. The molecule has 226 valence electrons. The van der Waals surface area contributed by atoms with Gasteiger partial charge < -0.3 is 38.7 Å². The molecule has 10 heteroatoms. The number of carbonyl (C=O) groups excluding carboxylic acids is 3. The van der Waals surface area contributed by atoms with Gasteiger partial charge in [-0.05, 0) is 87.5 Å². The van der Waals surface area contributed by atoms with Crippen molar-refractivity contribution in [3.8, 4) is 0 Å². The highest BCUT2D eigenvalue weighted by atomic mass is 16.8. The number of aliphatic hydroxyl groups is 2. The molecule has 2 N–H and O–H groups in total. The molecule has 41 heavy (non-hydrogen) atoms. The largest absolute Gasteiger partial charge is 0.458 e. The summed E-state index contributed by atoms with van der Waals surface area (Å²) >= 11 is 0. The zero-order valence-electron chi connectivity index (χ0n) is 24.1. The van der Waals surface area contributed by atoms with Crippen LogP contribution in [0.2, 0.25) is 0 Å². The first-order valence-corrected chi connectivity index (χ1v) is 15.4. The molecule has 13 atom stereocenters. The van der Waals surface area contributed by atoms with Crippen LogP contribution in [0.1, 0.15) is 78.6 Å². The highest BCUT2D eigenvalue weighted by Gasteiger charge is 2.70. The average Bonchev–Trinajstić information content (AvgIpc) is 3.46. The van der Waals surface area contributed by atoms with Crippen LogP contribution in [0.15, 0.2) is 11.6 Å². The average molecular weight is 575 g/mol. The Morgan fingerprint density at radius 1 is 1.07 bits per heavy atom. The lowest BCUT2D eigenvalue weighted by molar-refractivity contribution is -0.457. The molecule has 0 aromatic heterocycles. The number of cyclic esters (lactones) is 1. The maximum absolute atomic E-state index is 13.2. The van der Waals surface area contributed by atoms with Gasteiger partial charge in [0.05, 0.1) is 23.9 Å². The van der Waals surface area contributed by atoms with Gasteiger partial charge in [-0.3, -0.25) is 4.79 Å². The Morgan fingerprint density at radius 2 is 1.88 bits per heavy atom. The normalized spacial score (nSPS) is 53.9. The molecular formula is C31H42O10. The molecule has 2 saturated heterocycles. The monoisotopic (exact) mass is 574 g/mol. The number of hydrogen-bond acceptors (Lipinski definition) is 10. The Kier molecular flexibility index (Phi) is 6.36. The number of carbonyl (C=O) groups is 3. The third-order valence-electron chi connectivity index (χ3n) is 12.4. The Bertz CT molecular complexity index is 1170. The van der Waals surface area contributed by atoms with Crippen LogP contribution in [-0.4, -0.2) is 77.1 Å². The third-order valence-corrected chi connectivity index (χ3v) is 12.4. The van der Waals surface area contributed by atoms with E-state index in [-0.39, 0.29) is 48.3 Å². The maximum Gasteiger partial charge on any atom is 0.331 e. The molecule has 3 aliphatic heterocycles. The number of aldehydes is 1. The second-order valence-electron chi connectivity index (χ2n) is 14.2. The SMILES string of the molecule is CC(=O)O[C@H]1C[C@@H](C)O[C@H]2O[C@@H]3C[C@H]4CC[C@@H]5[C@H](CC[C@]6(C)[C@@H](C7=CC(=O)OC7)CC[C@]56O)[C@@]4(C=O)C[C@H]3O[C@]21O. The summed E-state index contributed by atoms with van der Waals surface area (Å²) in [7, 11) is 0. The van der Waals surface area contributed by atoms with Crippen LogP contribution >= 0.6 is 0 Å². The molecule has 7 aliphatic rings. The van der Waals surface area contributed by atoms with E-state index < -0.39 is 46.7 Å². The minimum absolute atomic E-state index is 0.0326. The molecular weight excluding hydrogens is 532 g/mol. The number of hydrogen-bond donors (Lipinski definition) is 2. The van der Waals surface area contributed by atoms with Crippen molar-refractivity contribution < 1.29 is 48.3 Å². The number of fused-ring (bicyclic) bond motifs is 7. The van der Waals surface area contributed by atoms with Crippen LogP contribution in [0.3, 0.4) is 0 Å². The number of esters is 2. The summed E-state index contributed by atoms with van der Waals surface area (Å²) in [6.07, 6.45) is 5.24. The van der Waals surface area contributed by atoms with Gasteiger partial charge in [0.1, 0.15) is 12.9 Å². The second-order valence-corrected chi connectivity index (χ2v) is 14.2. The van der Waals surface area contributed by atoms with Crippen molar-refractivity contribution in [3.05, 3.63) is 11.6 Å². The smallest absolute Gasteiger partial charge is 0.331 e. The van der Waals surface area contributed by atoms with Gasteiger partial charge in [-0.25, -0.2) is 4.79 Å². The Hall–Kier alpha value is -1.85. The van der Waals surface area contributed by atoms with Gasteiger partial charge in [0.15, 0.2) is 6.10 Å². The van der Waals surface area contributed by atoms with Crippen LogP contribution < -0.4 is 0 Å². The summed E-state index contributed by atoms with van der Waals surface area (Å²) in [6, 6.07) is 0. The molecule has 3 heterocycles. The maximum atomic E-state index is 13.2. The summed E-state index contributed by atoms with van der Waals surface area (Å²) < 4.78 is 29.4. The van der Waals surface area contributed by atoms with E-state index in [1.165, 1.54) is 6.92 Å². The molecule has 4 saturated carbocycles. The predicted octanol–water partition coefficient (Wildman–Crippen LogP) is 2.57. The molecule has 6 fully saturated rings. The lowest BCUT2D eigenvalue weighted by atomic mass is 9.42. The van der Waals surface area contributed by atoms with Gasteiger partial charge in [0, 0.05) is 30.3 Å². The zero-order chi connectivity index (χ0) is 28.9. The van der Waals surface area contributed by atoms with Crippen molar-refractivity contribution in [1.29, 1.82) is 0 Å². The van der Waals surface area contributed by atoms with Crippen LogP contribution in [0, 0.1) is 34.5 Å². The van der Waals surface area contributed by atoms with E-state index in [0.29, 0.717) is 25.9 Å². The molecule has 0 spiro atoms. The minimum Gasteiger partial charge on any atom is -0.458 e. The number of rotatable bonds is 3. The van der Waals surface area contributed by atoms with Crippen molar-refractivity contribution >= 4 is 18.2 Å². The van der Waals surface area contributed by atoms with Crippen molar-refractivity contribution in [3.63, 3.8) is 0 Å². The van der Waals surface area contributed by atoms with Crippen LogP contribution in [-0.2, 0) is 38.1 Å². The highest BCUT2D eigenvalue weighted by Crippen LogP contribution is 2.70. The second kappa shape index (κ2) is 9.32. The molecule has 0 unspecified atom stereocenters. The van der Waals surface area contributed by atoms with E-state index in [0.717, 1.165) is 44.0 Å². The molecule has 10 nitrogen and oxygen atoms in total. The van der Waals surface area contributed by atoms with Crippen LogP contribution in [0.25, 0.3) is 0 Å². The molecule has 0 aromatic rings. The third kappa shape index (κ3) is 3.83. The van der Waals surface area contributed by atoms with Crippen molar-refractivity contribution in [2.45, 2.75) is 121 Å². The van der Waals surface area contributed by atoms with E-state index >= 15 is 0 Å². The molecule has 7 rings (SSSR count). The minimum atomic E-state index is -1.97. The summed E-state index contributed by atoms with van der Waals surface area (Å²) in [5.41, 5.74) is -1.10. The van der Waals surface area contributed by atoms with Gasteiger partial charge in [-0.2, -0.15) is 0 Å². The van der Waals surface area contributed by atoms with Crippen LogP contribution in [0.4, 0.5) is 0 Å². The van der Waals surface area contributed by atoms with E-state index in [1.807, 2.05) is 6.92 Å². The summed E-state index contributed by atoms with van der Waals surface area (Å²) in [5.74, 6) is -2.75. The van der Waals surface area contributed by atoms with Gasteiger partial charge >= 0.3 is 11.9 Å². The molecule has 0 bridgehead atoms. The van der Waals surface area contributed by atoms with Gasteiger partial charge in [0.25, 0.3) is 5.79 Å². The first-order valence-electron chi connectivity index (χ1n) is 15.4. The summed E-state index contributed by atoms with van der Waals surface area (Å²) in [6.45, 7) is 5.59. The lowest BCUT2D eigenvalue weighted by Gasteiger charge is -2.64. The fraction of sp³-hybridized carbons (Fsp3) is 0.839. The fourth-order valence-corrected chi connectivity index (χ4v) is 10.5. The first-order chi connectivity index (χ1) is 19.4. The fourth-order valence-electron chi connectivity index (χ4n) is 10.5. The van der Waals surface area contributed by atoms with Gasteiger partial charge in [0.2, 0.25) is 6.29 Å². The standard InChI is InChI=1S/C31H42O10/c1-16-10-25(39-17(2)33)31(36)27(38-16)40-23-12-19-4-5-22-21(29(19,15-32)13-24(23)41-31)6-8-28(3)20(7-9-30(22,28)35)18-11-26(34)37-14-18/h11,15-16,19-25,27,35-36H,4-10,12-14H2,1-3H3/t16-,19-,20-,21+,22-,23-,24-,25+,27+,28-,29-,30+,31+/m1/s1. The van der Waals surface area contributed by atoms with Gasteiger partial charge in [-0.1, -0.05) is 6.92 Å². The van der Waals surface area contributed by atoms with E-state index in [2.05, 4.69) is 6.92 Å². The molecule has 0 aromatic carbocycles. The molecule has 0 radical (unpaired) electrons. The number of ether oxygens (including phenoxy) is 5. The van der Waals surface area contributed by atoms with E-state index in [9.17, 15) is 24.6 Å². The Labute approximate surface area is 240 Å². The zero-order valence-corrected chi connectivity index (χ0v) is 24.1. The summed E-state index contributed by atoms with van der Waals surface area (Å²) in [5, 5.41) is 24.2. The van der Waals surface area contributed by atoms with Crippen molar-refractivity contribution in [1.82, 2.24) is 0 Å². The predicted molar refractivity (Wildman–Crippen MR) is 141 cm³/mol. The van der Waals surface area contributed by atoms with Crippen molar-refractivity contribution in [2.75, 3.05) is 6.61 Å². The van der Waals surface area contributed by atoms with Crippen LogP contribution in [0.5, 0.6) is 0 Å². The van der Waals surface area contributed by atoms with Crippen molar-refractivity contribution in [2.24, 2.45) is 34.5 Å². The summed E-state index contributed by atoms with van der Waals surface area (Å²) in [4.78, 5) is 37.0. The lowest BCUT2D eigenvalue weighted by Crippen LogP contribution is -2.71.